The highest BCUT2D eigenvalue weighted by Gasteiger charge is 2.13. The van der Waals surface area contributed by atoms with Crippen LogP contribution in [0.25, 0.3) is 0 Å². The fraction of sp³-hybridized carbons (Fsp3) is 0.444. The first-order valence-electron chi connectivity index (χ1n) is 4.58. The van der Waals surface area contributed by atoms with Crippen molar-refractivity contribution in [3.05, 3.63) is 27.9 Å². The summed E-state index contributed by atoms with van der Waals surface area (Å²) in [5.41, 5.74) is 6.04. The fourth-order valence-corrected chi connectivity index (χ4v) is 1.22. The molecule has 0 saturated heterocycles. The van der Waals surface area contributed by atoms with Crippen LogP contribution in [0.1, 0.15) is 5.56 Å². The molecule has 0 aromatic carbocycles. The number of rotatable bonds is 4. The van der Waals surface area contributed by atoms with Crippen molar-refractivity contribution in [3.8, 4) is 0 Å². The van der Waals surface area contributed by atoms with Crippen LogP contribution < -0.4 is 10.6 Å². The van der Waals surface area contributed by atoms with Gasteiger partial charge in [-0.3, -0.25) is 10.1 Å². The molecule has 2 N–H and O–H groups in total. The predicted octanol–water partition coefficient (Wildman–Crippen LogP) is 0.693. The maximum atomic E-state index is 10.7. The van der Waals surface area contributed by atoms with Gasteiger partial charge in [-0.05, 0) is 6.92 Å². The second-order valence-corrected chi connectivity index (χ2v) is 3.30. The van der Waals surface area contributed by atoms with Gasteiger partial charge in [0.25, 0.3) is 5.69 Å². The topological polar surface area (TPSA) is 85.3 Å². The molecule has 0 spiro atoms. The van der Waals surface area contributed by atoms with Crippen molar-refractivity contribution >= 4 is 11.5 Å². The quantitative estimate of drug-likeness (QED) is 0.583. The molecule has 0 aliphatic carbocycles. The summed E-state index contributed by atoms with van der Waals surface area (Å²) in [6, 6.07) is 1.46. The van der Waals surface area contributed by atoms with Gasteiger partial charge in [0.05, 0.1) is 11.0 Å². The van der Waals surface area contributed by atoms with Crippen LogP contribution >= 0.6 is 0 Å². The molecule has 0 aliphatic heterocycles. The molecule has 1 heterocycles. The monoisotopic (exact) mass is 210 g/mol. The van der Waals surface area contributed by atoms with E-state index in [0.29, 0.717) is 24.5 Å². The Morgan fingerprint density at radius 3 is 2.87 bits per heavy atom. The number of aromatic nitrogens is 1. The molecule has 0 atom stereocenters. The molecule has 0 unspecified atom stereocenters. The molecule has 1 rings (SSSR count). The summed E-state index contributed by atoms with van der Waals surface area (Å²) < 4.78 is 0. The van der Waals surface area contributed by atoms with Crippen LogP contribution in [0.3, 0.4) is 0 Å². The minimum absolute atomic E-state index is 0.0869. The van der Waals surface area contributed by atoms with E-state index in [4.69, 9.17) is 5.73 Å². The van der Waals surface area contributed by atoms with Gasteiger partial charge in [0.2, 0.25) is 0 Å². The van der Waals surface area contributed by atoms with Gasteiger partial charge in [-0.25, -0.2) is 4.98 Å². The van der Waals surface area contributed by atoms with Crippen LogP contribution in [0, 0.1) is 17.0 Å². The molecule has 82 valence electrons. The second kappa shape index (κ2) is 4.70. The van der Waals surface area contributed by atoms with Crippen molar-refractivity contribution in [1.82, 2.24) is 4.98 Å². The molecule has 0 fully saturated rings. The zero-order valence-electron chi connectivity index (χ0n) is 8.80. The highest BCUT2D eigenvalue weighted by molar-refractivity contribution is 5.50. The number of anilines is 1. The molecule has 0 radical (unpaired) electrons. The van der Waals surface area contributed by atoms with Crippen LogP contribution in [0.2, 0.25) is 0 Å². The fourth-order valence-electron chi connectivity index (χ4n) is 1.22. The van der Waals surface area contributed by atoms with Crippen molar-refractivity contribution in [2.24, 2.45) is 5.73 Å². The van der Waals surface area contributed by atoms with Crippen molar-refractivity contribution in [2.45, 2.75) is 6.92 Å². The second-order valence-electron chi connectivity index (χ2n) is 3.30. The molecule has 6 heteroatoms. The highest BCUT2D eigenvalue weighted by atomic mass is 16.6. The van der Waals surface area contributed by atoms with E-state index >= 15 is 0 Å². The van der Waals surface area contributed by atoms with Gasteiger partial charge in [0, 0.05) is 31.9 Å². The third-order valence-electron chi connectivity index (χ3n) is 2.11. The molecule has 6 nitrogen and oxygen atoms in total. The van der Waals surface area contributed by atoms with Crippen LogP contribution in [0.4, 0.5) is 11.5 Å². The summed E-state index contributed by atoms with van der Waals surface area (Å²) in [4.78, 5) is 16.2. The van der Waals surface area contributed by atoms with Crippen molar-refractivity contribution in [1.29, 1.82) is 0 Å². The summed E-state index contributed by atoms with van der Waals surface area (Å²) in [6.07, 6.45) is 1.50. The molecular weight excluding hydrogens is 196 g/mol. The van der Waals surface area contributed by atoms with E-state index in [0.717, 1.165) is 0 Å². The molecular formula is C9H14N4O2. The first kappa shape index (κ1) is 11.4. The average Bonchev–Trinajstić information content (AvgIpc) is 2.18. The van der Waals surface area contributed by atoms with Crippen LogP contribution in [-0.2, 0) is 0 Å². The zero-order valence-corrected chi connectivity index (χ0v) is 8.80. The van der Waals surface area contributed by atoms with Gasteiger partial charge in [0.1, 0.15) is 5.82 Å². The first-order chi connectivity index (χ1) is 7.06. The minimum Gasteiger partial charge on any atom is -0.358 e. The number of aryl methyl sites for hydroxylation is 1. The Balaban J connectivity index is 3.02. The lowest BCUT2D eigenvalue weighted by Gasteiger charge is -2.16. The Kier molecular flexibility index (Phi) is 3.56. The average molecular weight is 210 g/mol. The number of likely N-dealkylation sites (N-methyl/N-ethyl adjacent to an activating group) is 1. The maximum Gasteiger partial charge on any atom is 0.277 e. The summed E-state index contributed by atoms with van der Waals surface area (Å²) in [5.74, 6) is 0.567. The molecule has 0 aliphatic rings. The van der Waals surface area contributed by atoms with Crippen LogP contribution in [-0.4, -0.2) is 30.0 Å². The standard InChI is InChI=1S/C9H14N4O2/c1-7-6-11-9(12(2)4-3-10)5-8(7)13(14)15/h5-6H,3-4,10H2,1-2H3. The van der Waals surface area contributed by atoms with E-state index in [1.807, 2.05) is 0 Å². The van der Waals surface area contributed by atoms with Crippen molar-refractivity contribution in [2.75, 3.05) is 25.0 Å². The summed E-state index contributed by atoms with van der Waals surface area (Å²) in [6.45, 7) is 2.77. The van der Waals surface area contributed by atoms with Crippen LogP contribution in [0.5, 0.6) is 0 Å². The van der Waals surface area contributed by atoms with E-state index in [1.54, 1.807) is 18.9 Å². The normalized spacial score (nSPS) is 10.1. The summed E-state index contributed by atoms with van der Waals surface area (Å²) in [7, 11) is 1.80. The Morgan fingerprint density at radius 2 is 2.33 bits per heavy atom. The number of nitrogens with zero attached hydrogens (tertiary/aromatic N) is 3. The lowest BCUT2D eigenvalue weighted by atomic mass is 10.2. The molecule has 0 saturated carbocycles. The van der Waals surface area contributed by atoms with Crippen molar-refractivity contribution in [3.63, 3.8) is 0 Å². The van der Waals surface area contributed by atoms with Gasteiger partial charge in [-0.15, -0.1) is 0 Å². The van der Waals surface area contributed by atoms with Gasteiger partial charge in [-0.2, -0.15) is 0 Å². The first-order valence-corrected chi connectivity index (χ1v) is 4.58. The summed E-state index contributed by atoms with van der Waals surface area (Å²) in [5, 5.41) is 10.7. The molecule has 0 bridgehead atoms. The van der Waals surface area contributed by atoms with E-state index < -0.39 is 4.92 Å². The molecule has 0 amide bonds. The lowest BCUT2D eigenvalue weighted by Crippen LogP contribution is -2.25. The third-order valence-corrected chi connectivity index (χ3v) is 2.11. The molecule has 1 aromatic rings. The Labute approximate surface area is 87.9 Å². The van der Waals surface area contributed by atoms with Gasteiger partial charge in [-0.1, -0.05) is 0 Å². The smallest absolute Gasteiger partial charge is 0.277 e. The van der Waals surface area contributed by atoms with Gasteiger partial charge >= 0.3 is 0 Å². The Morgan fingerprint density at radius 1 is 1.67 bits per heavy atom. The number of pyridine rings is 1. The molecule has 15 heavy (non-hydrogen) atoms. The SMILES string of the molecule is Cc1cnc(N(C)CCN)cc1[N+](=O)[O-]. The van der Waals surface area contributed by atoms with E-state index in [2.05, 4.69) is 4.98 Å². The zero-order chi connectivity index (χ0) is 11.4. The molecule has 1 aromatic heterocycles. The third kappa shape index (κ3) is 2.63. The maximum absolute atomic E-state index is 10.7. The van der Waals surface area contributed by atoms with E-state index in [9.17, 15) is 10.1 Å². The van der Waals surface area contributed by atoms with Gasteiger partial charge in [0.15, 0.2) is 0 Å². The van der Waals surface area contributed by atoms with E-state index in [1.165, 1.54) is 12.3 Å². The number of hydrogen-bond donors (Lipinski definition) is 1. The number of hydrogen-bond acceptors (Lipinski definition) is 5. The summed E-state index contributed by atoms with van der Waals surface area (Å²) >= 11 is 0. The van der Waals surface area contributed by atoms with E-state index in [-0.39, 0.29) is 5.69 Å². The van der Waals surface area contributed by atoms with Crippen LogP contribution in [0.15, 0.2) is 12.3 Å². The highest BCUT2D eigenvalue weighted by Crippen LogP contribution is 2.21. The lowest BCUT2D eigenvalue weighted by molar-refractivity contribution is -0.385. The van der Waals surface area contributed by atoms with Gasteiger partial charge < -0.3 is 10.6 Å². The number of nitrogens with two attached hydrogens (primary N) is 1. The van der Waals surface area contributed by atoms with Crippen molar-refractivity contribution < 1.29 is 4.92 Å². The largest absolute Gasteiger partial charge is 0.358 e. The minimum atomic E-state index is -0.406. The Bertz CT molecular complexity index is 367. The Hall–Kier alpha value is -1.69. The predicted molar refractivity (Wildman–Crippen MR) is 58.0 cm³/mol. The number of nitro groups is 1.